The second-order valence-electron chi connectivity index (χ2n) is 5.09. The van der Waals surface area contributed by atoms with Crippen LogP contribution in [0.3, 0.4) is 0 Å². The lowest BCUT2D eigenvalue weighted by Crippen LogP contribution is -2.36. The van der Waals surface area contributed by atoms with Gasteiger partial charge in [-0.15, -0.1) is 0 Å². The number of hydrogen-bond donors (Lipinski definition) is 1. The second-order valence-corrected chi connectivity index (χ2v) is 5.09. The molecule has 1 atom stereocenters. The van der Waals surface area contributed by atoms with Gasteiger partial charge in [-0.25, -0.2) is 0 Å². The summed E-state index contributed by atoms with van der Waals surface area (Å²) in [5, 5.41) is 2.97. The molecule has 2 heterocycles. The lowest BCUT2D eigenvalue weighted by atomic mass is 10.1. The van der Waals surface area contributed by atoms with Gasteiger partial charge in [0.2, 0.25) is 5.91 Å². The molecular weight excluding hydrogens is 216 g/mol. The number of nitrogens with one attached hydrogen (secondary N) is 1. The topological polar surface area (TPSA) is 41.6 Å². The van der Waals surface area contributed by atoms with Crippen molar-refractivity contribution < 1.29 is 9.53 Å². The fourth-order valence-corrected chi connectivity index (χ4v) is 2.56. The number of carbonyl (C=O) groups excluding carboxylic acids is 1. The highest BCUT2D eigenvalue weighted by molar-refractivity contribution is 5.76. The monoisotopic (exact) mass is 240 g/mol. The highest BCUT2D eigenvalue weighted by Gasteiger charge is 2.16. The Bertz CT molecular complexity index is 234. The summed E-state index contributed by atoms with van der Waals surface area (Å²) < 4.78 is 5.47. The first-order valence-electron chi connectivity index (χ1n) is 6.95. The Morgan fingerprint density at radius 3 is 2.76 bits per heavy atom. The summed E-state index contributed by atoms with van der Waals surface area (Å²) >= 11 is 0. The highest BCUT2D eigenvalue weighted by atomic mass is 16.5. The highest BCUT2D eigenvalue weighted by Crippen LogP contribution is 2.11. The fraction of sp³-hybridized carbons (Fsp3) is 0.923. The number of rotatable bonds is 5. The molecule has 1 unspecified atom stereocenters. The maximum Gasteiger partial charge on any atom is 0.221 e. The molecule has 98 valence electrons. The molecule has 0 aromatic rings. The van der Waals surface area contributed by atoms with Crippen LogP contribution in [0.25, 0.3) is 0 Å². The molecule has 1 N–H and O–H groups in total. The van der Waals surface area contributed by atoms with E-state index in [2.05, 4.69) is 10.2 Å². The average Bonchev–Trinajstić information content (AvgIpc) is 2.88. The predicted molar refractivity (Wildman–Crippen MR) is 66.9 cm³/mol. The molecule has 4 heteroatoms. The van der Waals surface area contributed by atoms with E-state index < -0.39 is 0 Å². The summed E-state index contributed by atoms with van der Waals surface area (Å²) in [6, 6.07) is 0. The average molecular weight is 240 g/mol. The normalized spacial score (nSPS) is 26.0. The zero-order chi connectivity index (χ0) is 11.9. The van der Waals surface area contributed by atoms with Crippen LogP contribution in [0.2, 0.25) is 0 Å². The van der Waals surface area contributed by atoms with Crippen molar-refractivity contribution in [2.75, 3.05) is 32.8 Å². The Kier molecular flexibility index (Phi) is 5.26. The van der Waals surface area contributed by atoms with Gasteiger partial charge in [0.15, 0.2) is 0 Å². The van der Waals surface area contributed by atoms with Crippen molar-refractivity contribution in [3.05, 3.63) is 0 Å². The Balaban J connectivity index is 1.53. The Morgan fingerprint density at radius 2 is 2.06 bits per heavy atom. The van der Waals surface area contributed by atoms with E-state index in [0.717, 1.165) is 26.0 Å². The van der Waals surface area contributed by atoms with Gasteiger partial charge in [-0.3, -0.25) is 4.79 Å². The molecule has 0 radical (unpaired) electrons. The van der Waals surface area contributed by atoms with Gasteiger partial charge in [-0.05, 0) is 38.8 Å². The van der Waals surface area contributed by atoms with Gasteiger partial charge in [-0.1, -0.05) is 6.42 Å². The Hall–Kier alpha value is -0.610. The summed E-state index contributed by atoms with van der Waals surface area (Å²) in [6.45, 7) is 4.79. The van der Waals surface area contributed by atoms with Crippen molar-refractivity contribution in [1.82, 2.24) is 10.2 Å². The van der Waals surface area contributed by atoms with Crippen LogP contribution in [0.5, 0.6) is 0 Å². The van der Waals surface area contributed by atoms with Crippen LogP contribution >= 0.6 is 0 Å². The van der Waals surface area contributed by atoms with Gasteiger partial charge in [0.25, 0.3) is 0 Å². The number of carbonyl (C=O) groups is 1. The summed E-state index contributed by atoms with van der Waals surface area (Å²) in [6.07, 6.45) is 7.04. The Morgan fingerprint density at radius 1 is 1.24 bits per heavy atom. The first kappa shape index (κ1) is 12.8. The standard InChI is InChI=1S/C13H24N2O2/c16-13(14-11-12-5-4-10-17-12)6-9-15-7-2-1-3-8-15/h12H,1-11H2,(H,14,16). The quantitative estimate of drug-likeness (QED) is 0.784. The van der Waals surface area contributed by atoms with Crippen LogP contribution in [-0.2, 0) is 9.53 Å². The number of piperidine rings is 1. The van der Waals surface area contributed by atoms with Crippen LogP contribution in [0.4, 0.5) is 0 Å². The Labute approximate surface area is 104 Å². The van der Waals surface area contributed by atoms with Crippen LogP contribution in [-0.4, -0.2) is 49.7 Å². The van der Waals surface area contributed by atoms with Crippen LogP contribution in [0.15, 0.2) is 0 Å². The van der Waals surface area contributed by atoms with Gasteiger partial charge < -0.3 is 15.0 Å². The number of nitrogens with zero attached hydrogens (tertiary/aromatic N) is 1. The molecule has 0 aliphatic carbocycles. The molecule has 1 amide bonds. The molecule has 2 rings (SSSR count). The van der Waals surface area contributed by atoms with Crippen LogP contribution < -0.4 is 5.32 Å². The number of hydrogen-bond acceptors (Lipinski definition) is 3. The lowest BCUT2D eigenvalue weighted by molar-refractivity contribution is -0.122. The van der Waals surface area contributed by atoms with E-state index in [9.17, 15) is 4.79 Å². The van der Waals surface area contributed by atoms with Crippen molar-refractivity contribution >= 4 is 5.91 Å². The molecule has 2 fully saturated rings. The van der Waals surface area contributed by atoms with Crippen molar-refractivity contribution in [1.29, 1.82) is 0 Å². The SMILES string of the molecule is O=C(CCN1CCCCC1)NCC1CCCO1. The molecule has 0 spiro atoms. The molecule has 17 heavy (non-hydrogen) atoms. The maximum atomic E-state index is 11.6. The zero-order valence-electron chi connectivity index (χ0n) is 10.6. The molecule has 0 aromatic carbocycles. The number of amides is 1. The molecule has 0 bridgehead atoms. The van der Waals surface area contributed by atoms with Gasteiger partial charge in [0.1, 0.15) is 0 Å². The van der Waals surface area contributed by atoms with Crippen molar-refractivity contribution in [3.63, 3.8) is 0 Å². The van der Waals surface area contributed by atoms with E-state index in [1.54, 1.807) is 0 Å². The summed E-state index contributed by atoms with van der Waals surface area (Å²) in [5.41, 5.74) is 0. The predicted octanol–water partition coefficient (Wildman–Crippen LogP) is 1.16. The maximum absolute atomic E-state index is 11.6. The van der Waals surface area contributed by atoms with E-state index in [-0.39, 0.29) is 12.0 Å². The minimum absolute atomic E-state index is 0.172. The van der Waals surface area contributed by atoms with Gasteiger partial charge >= 0.3 is 0 Å². The van der Waals surface area contributed by atoms with Crippen molar-refractivity contribution in [2.24, 2.45) is 0 Å². The van der Waals surface area contributed by atoms with E-state index >= 15 is 0 Å². The second kappa shape index (κ2) is 6.97. The number of ether oxygens (including phenoxy) is 1. The summed E-state index contributed by atoms with van der Waals surface area (Å²) in [7, 11) is 0. The number of likely N-dealkylation sites (tertiary alicyclic amines) is 1. The van der Waals surface area contributed by atoms with Gasteiger partial charge in [0, 0.05) is 26.1 Å². The molecule has 2 aliphatic rings. The zero-order valence-corrected chi connectivity index (χ0v) is 10.6. The van der Waals surface area contributed by atoms with Gasteiger partial charge in [-0.2, -0.15) is 0 Å². The van der Waals surface area contributed by atoms with Crippen LogP contribution in [0.1, 0.15) is 38.5 Å². The molecule has 0 aromatic heterocycles. The lowest BCUT2D eigenvalue weighted by Gasteiger charge is -2.26. The molecular formula is C13H24N2O2. The minimum atomic E-state index is 0.172. The van der Waals surface area contributed by atoms with Crippen LogP contribution in [0, 0.1) is 0 Å². The third kappa shape index (κ3) is 4.64. The van der Waals surface area contributed by atoms with E-state index in [1.807, 2.05) is 0 Å². The first-order valence-corrected chi connectivity index (χ1v) is 6.95. The van der Waals surface area contributed by atoms with Crippen molar-refractivity contribution in [2.45, 2.75) is 44.6 Å². The first-order chi connectivity index (χ1) is 8.34. The smallest absolute Gasteiger partial charge is 0.221 e. The molecule has 2 saturated heterocycles. The van der Waals surface area contributed by atoms with E-state index in [0.29, 0.717) is 13.0 Å². The fourth-order valence-electron chi connectivity index (χ4n) is 2.56. The minimum Gasteiger partial charge on any atom is -0.376 e. The summed E-state index contributed by atoms with van der Waals surface area (Å²) in [4.78, 5) is 14.0. The molecule has 4 nitrogen and oxygen atoms in total. The molecule has 0 saturated carbocycles. The van der Waals surface area contributed by atoms with E-state index in [4.69, 9.17) is 4.74 Å². The third-order valence-corrected chi connectivity index (χ3v) is 3.65. The van der Waals surface area contributed by atoms with Gasteiger partial charge in [0.05, 0.1) is 6.10 Å². The molecule has 2 aliphatic heterocycles. The van der Waals surface area contributed by atoms with Crippen molar-refractivity contribution in [3.8, 4) is 0 Å². The summed E-state index contributed by atoms with van der Waals surface area (Å²) in [5.74, 6) is 0.172. The van der Waals surface area contributed by atoms with E-state index in [1.165, 1.54) is 32.4 Å². The largest absolute Gasteiger partial charge is 0.376 e. The third-order valence-electron chi connectivity index (χ3n) is 3.65.